The molecule has 0 saturated heterocycles. The highest BCUT2D eigenvalue weighted by atomic mass is 79.9. The summed E-state index contributed by atoms with van der Waals surface area (Å²) in [5.41, 5.74) is 7.11. The van der Waals surface area contributed by atoms with Gasteiger partial charge < -0.3 is 10.2 Å². The second-order valence-corrected chi connectivity index (χ2v) is 6.58. The van der Waals surface area contributed by atoms with Crippen molar-refractivity contribution >= 4 is 42.6 Å². The minimum Gasteiger partial charge on any atom is -0.437 e. The predicted molar refractivity (Wildman–Crippen MR) is 64.7 cm³/mol. The fourth-order valence-electron chi connectivity index (χ4n) is 1.36. The van der Waals surface area contributed by atoms with Crippen molar-refractivity contribution in [2.75, 3.05) is 12.0 Å². The lowest BCUT2D eigenvalue weighted by molar-refractivity contribution is 0.542. The summed E-state index contributed by atoms with van der Waals surface area (Å²) >= 11 is 3.27. The summed E-state index contributed by atoms with van der Waals surface area (Å²) in [5.74, 6) is -0.0686. The van der Waals surface area contributed by atoms with Crippen molar-refractivity contribution in [3.63, 3.8) is 0 Å². The van der Waals surface area contributed by atoms with Crippen molar-refractivity contribution in [2.24, 2.45) is 0 Å². The van der Waals surface area contributed by atoms with Gasteiger partial charge in [-0.1, -0.05) is 15.9 Å². The molecule has 0 spiro atoms. The molecule has 0 atom stereocenters. The number of oxazole rings is 1. The monoisotopic (exact) mass is 304 g/mol. The van der Waals surface area contributed by atoms with Gasteiger partial charge >= 0.3 is 0 Å². The fourth-order valence-corrected chi connectivity index (χ4v) is 2.39. The van der Waals surface area contributed by atoms with Crippen LogP contribution < -0.4 is 5.73 Å². The highest BCUT2D eigenvalue weighted by Crippen LogP contribution is 2.27. The second kappa shape index (κ2) is 3.74. The summed E-state index contributed by atoms with van der Waals surface area (Å²) in [6.45, 7) is 0. The van der Waals surface area contributed by atoms with Gasteiger partial charge in [-0.3, -0.25) is 0 Å². The van der Waals surface area contributed by atoms with Gasteiger partial charge in [-0.2, -0.15) is 0 Å². The zero-order chi connectivity index (χ0) is 11.9. The largest absolute Gasteiger partial charge is 0.437 e. The van der Waals surface area contributed by atoms with Crippen molar-refractivity contribution in [2.45, 2.75) is 5.75 Å². The molecule has 0 bridgehead atoms. The quantitative estimate of drug-likeness (QED) is 0.854. The summed E-state index contributed by atoms with van der Waals surface area (Å²) in [6.07, 6.45) is 1.13. The molecule has 0 aliphatic heterocycles. The van der Waals surface area contributed by atoms with Crippen LogP contribution in [0.3, 0.4) is 0 Å². The molecular weight excluding hydrogens is 296 g/mol. The van der Waals surface area contributed by atoms with E-state index in [2.05, 4.69) is 20.9 Å². The highest BCUT2D eigenvalue weighted by Gasteiger charge is 2.13. The number of sulfone groups is 1. The summed E-state index contributed by atoms with van der Waals surface area (Å²) in [4.78, 5) is 4.06. The molecule has 0 saturated carbocycles. The molecule has 0 aliphatic rings. The Morgan fingerprint density at radius 1 is 1.50 bits per heavy atom. The smallest absolute Gasteiger partial charge is 0.210 e. The molecule has 1 aromatic carbocycles. The van der Waals surface area contributed by atoms with Gasteiger partial charge in [-0.15, -0.1) is 0 Å². The Balaban J connectivity index is 2.56. The van der Waals surface area contributed by atoms with Crippen LogP contribution in [0.15, 0.2) is 21.0 Å². The van der Waals surface area contributed by atoms with E-state index in [4.69, 9.17) is 10.2 Å². The van der Waals surface area contributed by atoms with Gasteiger partial charge in [-0.05, 0) is 12.1 Å². The molecule has 86 valence electrons. The van der Waals surface area contributed by atoms with Gasteiger partial charge in [0.25, 0.3) is 0 Å². The van der Waals surface area contributed by atoms with Crippen molar-refractivity contribution in [3.05, 3.63) is 22.5 Å². The number of aromatic nitrogens is 1. The van der Waals surface area contributed by atoms with E-state index < -0.39 is 9.84 Å². The normalized spacial score (nSPS) is 12.1. The van der Waals surface area contributed by atoms with E-state index >= 15 is 0 Å². The average Bonchev–Trinajstić information content (AvgIpc) is 2.43. The lowest BCUT2D eigenvalue weighted by Gasteiger charge is -1.94. The van der Waals surface area contributed by atoms with Crippen LogP contribution >= 0.6 is 15.9 Å². The second-order valence-electron chi connectivity index (χ2n) is 3.52. The maximum absolute atomic E-state index is 11.1. The van der Waals surface area contributed by atoms with E-state index in [9.17, 15) is 8.42 Å². The standard InChI is InChI=1S/C9H9BrN2O3S/c1-16(13,14)4-8-12-7-3-5(10)2-6(11)9(7)15-8/h2-3H,4,11H2,1H3. The van der Waals surface area contributed by atoms with E-state index in [-0.39, 0.29) is 11.6 Å². The number of nitrogens with zero attached hydrogens (tertiary/aromatic N) is 1. The minimum atomic E-state index is -3.16. The molecule has 0 aliphatic carbocycles. The Morgan fingerprint density at radius 3 is 2.81 bits per heavy atom. The van der Waals surface area contributed by atoms with Crippen LogP contribution in [0.5, 0.6) is 0 Å². The third-order valence-electron chi connectivity index (χ3n) is 1.91. The first-order valence-corrected chi connectivity index (χ1v) is 7.23. The molecule has 2 N–H and O–H groups in total. The molecule has 0 unspecified atom stereocenters. The number of hydrogen-bond acceptors (Lipinski definition) is 5. The molecule has 0 amide bonds. The number of anilines is 1. The Hall–Kier alpha value is -1.08. The first kappa shape index (κ1) is 11.4. The van der Waals surface area contributed by atoms with Crippen molar-refractivity contribution < 1.29 is 12.8 Å². The van der Waals surface area contributed by atoms with Crippen LogP contribution in [0.25, 0.3) is 11.1 Å². The van der Waals surface area contributed by atoms with Crippen LogP contribution in [0.2, 0.25) is 0 Å². The van der Waals surface area contributed by atoms with E-state index in [0.29, 0.717) is 16.8 Å². The van der Waals surface area contributed by atoms with E-state index in [1.807, 2.05) is 0 Å². The summed E-state index contributed by atoms with van der Waals surface area (Å²) in [7, 11) is -3.16. The van der Waals surface area contributed by atoms with Gasteiger partial charge in [0, 0.05) is 10.7 Å². The zero-order valence-electron chi connectivity index (χ0n) is 8.40. The van der Waals surface area contributed by atoms with Gasteiger partial charge in [0.1, 0.15) is 11.3 Å². The van der Waals surface area contributed by atoms with Crippen LogP contribution in [0, 0.1) is 0 Å². The van der Waals surface area contributed by atoms with E-state index in [1.54, 1.807) is 12.1 Å². The molecule has 5 nitrogen and oxygen atoms in total. The average molecular weight is 305 g/mol. The lowest BCUT2D eigenvalue weighted by Crippen LogP contribution is -2.00. The minimum absolute atomic E-state index is 0.155. The van der Waals surface area contributed by atoms with Crippen molar-refractivity contribution in [3.8, 4) is 0 Å². The molecule has 16 heavy (non-hydrogen) atoms. The third kappa shape index (κ3) is 2.35. The van der Waals surface area contributed by atoms with Gasteiger partial charge in [-0.25, -0.2) is 13.4 Å². The van der Waals surface area contributed by atoms with Crippen LogP contribution in [-0.2, 0) is 15.6 Å². The number of nitrogen functional groups attached to an aromatic ring is 1. The predicted octanol–water partition coefficient (Wildman–Crippen LogP) is 1.72. The van der Waals surface area contributed by atoms with Gasteiger partial charge in [0.2, 0.25) is 5.89 Å². The SMILES string of the molecule is CS(=O)(=O)Cc1nc2cc(Br)cc(N)c2o1. The third-order valence-corrected chi connectivity index (χ3v) is 3.14. The summed E-state index contributed by atoms with van der Waals surface area (Å²) < 4.78 is 28.2. The lowest BCUT2D eigenvalue weighted by atomic mass is 10.3. The van der Waals surface area contributed by atoms with Gasteiger partial charge in [0.15, 0.2) is 15.4 Å². The topological polar surface area (TPSA) is 86.2 Å². The first-order chi connectivity index (χ1) is 7.35. The first-order valence-electron chi connectivity index (χ1n) is 4.37. The number of rotatable bonds is 2. The van der Waals surface area contributed by atoms with E-state index in [0.717, 1.165) is 10.7 Å². The van der Waals surface area contributed by atoms with Crippen molar-refractivity contribution in [1.82, 2.24) is 4.98 Å². The molecule has 1 heterocycles. The van der Waals surface area contributed by atoms with Crippen LogP contribution in [0.1, 0.15) is 5.89 Å². The molecule has 0 radical (unpaired) electrons. The Labute approximate surface area is 101 Å². The number of nitrogens with two attached hydrogens (primary N) is 1. The number of benzene rings is 1. The van der Waals surface area contributed by atoms with Gasteiger partial charge in [0.05, 0.1) is 5.69 Å². The van der Waals surface area contributed by atoms with Crippen LogP contribution in [0.4, 0.5) is 5.69 Å². The fraction of sp³-hybridized carbons (Fsp3) is 0.222. The maximum Gasteiger partial charge on any atom is 0.210 e. The Kier molecular flexibility index (Phi) is 2.67. The maximum atomic E-state index is 11.1. The summed E-state index contributed by atoms with van der Waals surface area (Å²) in [5, 5.41) is 0. The molecule has 2 aromatic rings. The number of hydrogen-bond donors (Lipinski definition) is 1. The molecule has 2 rings (SSSR count). The zero-order valence-corrected chi connectivity index (χ0v) is 10.8. The Bertz CT molecular complexity index is 648. The molecule has 1 aromatic heterocycles. The number of halogens is 1. The van der Waals surface area contributed by atoms with Crippen LogP contribution in [-0.4, -0.2) is 19.7 Å². The highest BCUT2D eigenvalue weighted by molar-refractivity contribution is 9.10. The van der Waals surface area contributed by atoms with E-state index in [1.165, 1.54) is 0 Å². The molecule has 7 heteroatoms. The van der Waals surface area contributed by atoms with Crippen molar-refractivity contribution in [1.29, 1.82) is 0 Å². The number of fused-ring (bicyclic) bond motifs is 1. The molecular formula is C9H9BrN2O3S. The molecule has 0 fully saturated rings. The Morgan fingerprint density at radius 2 is 2.19 bits per heavy atom. The summed E-state index contributed by atoms with van der Waals surface area (Å²) in [6, 6.07) is 3.40.